The Balaban J connectivity index is 1.87. The van der Waals surface area contributed by atoms with E-state index in [1.807, 2.05) is 13.8 Å². The summed E-state index contributed by atoms with van der Waals surface area (Å²) < 4.78 is 44.1. The molecule has 0 bridgehead atoms. The van der Waals surface area contributed by atoms with Gasteiger partial charge in [0.1, 0.15) is 23.4 Å². The van der Waals surface area contributed by atoms with E-state index in [1.165, 1.54) is 19.3 Å². The molecule has 3 unspecified atom stereocenters. The lowest BCUT2D eigenvalue weighted by Crippen LogP contribution is -2.38. The van der Waals surface area contributed by atoms with E-state index in [2.05, 4.69) is 20.5 Å². The van der Waals surface area contributed by atoms with Crippen LogP contribution in [0.5, 0.6) is 0 Å². The molecular weight excluding hydrogens is 395 g/mol. The molecule has 1 N–H and O–H groups in total. The monoisotopic (exact) mass is 419 g/mol. The minimum absolute atomic E-state index is 0.0100. The Morgan fingerprint density at radius 3 is 2.63 bits per heavy atom. The first-order valence-electron chi connectivity index (χ1n) is 9.74. The van der Waals surface area contributed by atoms with Crippen molar-refractivity contribution in [3.8, 4) is 11.3 Å². The van der Waals surface area contributed by atoms with Gasteiger partial charge in [-0.2, -0.15) is 23.4 Å². The molecule has 0 amide bonds. The summed E-state index contributed by atoms with van der Waals surface area (Å²) >= 11 is 0. The van der Waals surface area contributed by atoms with E-state index in [-0.39, 0.29) is 18.3 Å². The lowest BCUT2D eigenvalue weighted by molar-refractivity contribution is -0.206. The van der Waals surface area contributed by atoms with E-state index in [1.54, 1.807) is 35.6 Å². The van der Waals surface area contributed by atoms with Crippen molar-refractivity contribution in [2.24, 2.45) is 18.4 Å². The van der Waals surface area contributed by atoms with Crippen LogP contribution < -0.4 is 5.32 Å². The van der Waals surface area contributed by atoms with Crippen LogP contribution in [0.1, 0.15) is 37.7 Å². The third-order valence-electron chi connectivity index (χ3n) is 6.06. The van der Waals surface area contributed by atoms with E-state index < -0.39 is 11.6 Å². The molecule has 1 aliphatic carbocycles. The lowest BCUT2D eigenvalue weighted by atomic mass is 9.70. The number of imidazole rings is 1. The third kappa shape index (κ3) is 2.96. The van der Waals surface area contributed by atoms with Crippen LogP contribution >= 0.6 is 0 Å². The Labute approximate surface area is 172 Å². The molecule has 3 aromatic heterocycles. The number of rotatable bonds is 3. The smallest absolute Gasteiger partial charge is 0.371 e. The summed E-state index contributed by atoms with van der Waals surface area (Å²) in [7, 11) is 3.57. The maximum atomic E-state index is 13.6. The minimum Gasteiger partial charge on any atom is -0.371 e. The maximum absolute atomic E-state index is 13.6. The standard InChI is InChI=1S/C20H24F3N7/c1-11-8-19(3,20(21,22)23)7-6-13(11)16-14(9-26-29(16)5)15-17-18(24-4)25-10-27-30(17)12(2)28-15/h6-7,9-11,13H,8H2,1-5H3,(H,24,25,27). The average molecular weight is 419 g/mol. The number of hydrogen-bond donors (Lipinski definition) is 1. The van der Waals surface area contributed by atoms with Crippen LogP contribution in [0.15, 0.2) is 24.7 Å². The fraction of sp³-hybridized carbons (Fsp3) is 0.500. The molecule has 0 aromatic carbocycles. The zero-order valence-corrected chi connectivity index (χ0v) is 17.5. The minimum atomic E-state index is -4.28. The molecule has 10 heteroatoms. The van der Waals surface area contributed by atoms with Crippen LogP contribution in [-0.4, -0.2) is 42.6 Å². The summed E-state index contributed by atoms with van der Waals surface area (Å²) in [5.74, 6) is 0.853. The quantitative estimate of drug-likeness (QED) is 0.647. The summed E-state index contributed by atoms with van der Waals surface area (Å²) in [6, 6.07) is 0. The maximum Gasteiger partial charge on any atom is 0.397 e. The Hall–Kier alpha value is -2.91. The Kier molecular flexibility index (Phi) is 4.63. The van der Waals surface area contributed by atoms with Gasteiger partial charge in [-0.1, -0.05) is 19.1 Å². The molecule has 0 radical (unpaired) electrons. The van der Waals surface area contributed by atoms with E-state index in [0.29, 0.717) is 22.9 Å². The van der Waals surface area contributed by atoms with E-state index >= 15 is 0 Å². The van der Waals surface area contributed by atoms with Crippen molar-refractivity contribution in [3.63, 3.8) is 0 Å². The van der Waals surface area contributed by atoms with Gasteiger partial charge in [0.2, 0.25) is 0 Å². The normalized spacial score (nSPS) is 24.5. The molecular formula is C20H24F3N7. The zero-order valence-electron chi connectivity index (χ0n) is 17.5. The van der Waals surface area contributed by atoms with Crippen LogP contribution in [0, 0.1) is 18.3 Å². The SMILES string of the molecule is CNc1ncnn2c(C)nc(-c3cnn(C)c3C3C=CC(C)(C(F)(F)F)CC3C)c12. The first-order valence-corrected chi connectivity index (χ1v) is 9.74. The van der Waals surface area contributed by atoms with Crippen molar-refractivity contribution in [2.75, 3.05) is 12.4 Å². The first kappa shape index (κ1) is 20.4. The van der Waals surface area contributed by atoms with Crippen molar-refractivity contribution < 1.29 is 13.2 Å². The van der Waals surface area contributed by atoms with Gasteiger partial charge in [0, 0.05) is 25.6 Å². The summed E-state index contributed by atoms with van der Waals surface area (Å²) in [5.41, 5.74) is 1.14. The molecule has 0 saturated carbocycles. The van der Waals surface area contributed by atoms with Gasteiger partial charge in [-0.3, -0.25) is 4.68 Å². The number of anilines is 1. The molecule has 0 saturated heterocycles. The number of aromatic nitrogens is 6. The molecule has 0 aliphatic heterocycles. The number of hydrogen-bond acceptors (Lipinski definition) is 5. The fourth-order valence-corrected chi connectivity index (χ4v) is 4.41. The molecule has 3 heterocycles. The van der Waals surface area contributed by atoms with Crippen LogP contribution in [0.4, 0.5) is 19.0 Å². The summed E-state index contributed by atoms with van der Waals surface area (Å²) in [6.45, 7) is 4.95. The molecule has 0 fully saturated rings. The second kappa shape index (κ2) is 6.82. The Bertz CT molecular complexity index is 1130. The molecule has 3 aromatic rings. The van der Waals surface area contributed by atoms with Gasteiger partial charge in [-0.15, -0.1) is 0 Å². The zero-order chi connectivity index (χ0) is 21.8. The van der Waals surface area contributed by atoms with Crippen molar-refractivity contribution in [2.45, 2.75) is 39.3 Å². The van der Waals surface area contributed by atoms with Crippen LogP contribution in [-0.2, 0) is 7.05 Å². The van der Waals surface area contributed by atoms with Gasteiger partial charge in [-0.05, 0) is 26.2 Å². The molecule has 3 atom stereocenters. The molecule has 7 nitrogen and oxygen atoms in total. The predicted octanol–water partition coefficient (Wildman–Crippen LogP) is 4.12. The second-order valence-electron chi connectivity index (χ2n) is 8.18. The Morgan fingerprint density at radius 2 is 2.00 bits per heavy atom. The molecule has 1 aliphatic rings. The van der Waals surface area contributed by atoms with Crippen LogP contribution in [0.25, 0.3) is 16.8 Å². The fourth-order valence-electron chi connectivity index (χ4n) is 4.41. The number of aryl methyl sites for hydroxylation is 2. The van der Waals surface area contributed by atoms with Crippen molar-refractivity contribution >= 4 is 11.3 Å². The highest BCUT2D eigenvalue weighted by Gasteiger charge is 2.52. The highest BCUT2D eigenvalue weighted by atomic mass is 19.4. The molecule has 4 rings (SSSR count). The first-order chi connectivity index (χ1) is 14.1. The van der Waals surface area contributed by atoms with E-state index in [9.17, 15) is 13.2 Å². The lowest BCUT2D eigenvalue weighted by Gasteiger charge is -2.38. The van der Waals surface area contributed by atoms with Crippen molar-refractivity contribution in [1.82, 2.24) is 29.4 Å². The molecule has 0 spiro atoms. The summed E-state index contributed by atoms with van der Waals surface area (Å²) in [6.07, 6.45) is 1.85. The van der Waals surface area contributed by atoms with Gasteiger partial charge in [0.15, 0.2) is 5.82 Å². The number of allylic oxidation sites excluding steroid dienone is 2. The number of fused-ring (bicyclic) bond motifs is 1. The van der Waals surface area contributed by atoms with Gasteiger partial charge < -0.3 is 5.32 Å². The second-order valence-corrected chi connectivity index (χ2v) is 8.18. The number of nitrogens with zero attached hydrogens (tertiary/aromatic N) is 6. The number of halogens is 3. The van der Waals surface area contributed by atoms with Crippen LogP contribution in [0.2, 0.25) is 0 Å². The summed E-state index contributed by atoms with van der Waals surface area (Å²) in [4.78, 5) is 8.98. The van der Waals surface area contributed by atoms with Crippen LogP contribution in [0.3, 0.4) is 0 Å². The number of nitrogens with one attached hydrogen (secondary N) is 1. The van der Waals surface area contributed by atoms with Gasteiger partial charge in [-0.25, -0.2) is 14.5 Å². The van der Waals surface area contributed by atoms with E-state index in [0.717, 1.165) is 11.3 Å². The summed E-state index contributed by atoms with van der Waals surface area (Å²) in [5, 5.41) is 11.7. The largest absolute Gasteiger partial charge is 0.397 e. The van der Waals surface area contributed by atoms with Gasteiger partial charge in [0.05, 0.1) is 17.3 Å². The third-order valence-corrected chi connectivity index (χ3v) is 6.06. The van der Waals surface area contributed by atoms with E-state index in [4.69, 9.17) is 4.98 Å². The highest BCUT2D eigenvalue weighted by Crippen LogP contribution is 2.51. The van der Waals surface area contributed by atoms with Crippen molar-refractivity contribution in [1.29, 1.82) is 0 Å². The average Bonchev–Trinajstić information content (AvgIpc) is 3.21. The highest BCUT2D eigenvalue weighted by molar-refractivity contribution is 5.86. The Morgan fingerprint density at radius 1 is 1.27 bits per heavy atom. The van der Waals surface area contributed by atoms with Gasteiger partial charge in [0.25, 0.3) is 0 Å². The topological polar surface area (TPSA) is 72.9 Å². The van der Waals surface area contributed by atoms with Crippen molar-refractivity contribution in [3.05, 3.63) is 36.2 Å². The predicted molar refractivity (Wildman–Crippen MR) is 107 cm³/mol. The molecule has 160 valence electrons. The van der Waals surface area contributed by atoms with Gasteiger partial charge >= 0.3 is 6.18 Å². The molecule has 30 heavy (non-hydrogen) atoms. The number of alkyl halides is 3.